The first-order valence-corrected chi connectivity index (χ1v) is 7.01. The fourth-order valence-electron chi connectivity index (χ4n) is 2.13. The third-order valence-electron chi connectivity index (χ3n) is 3.18. The quantitative estimate of drug-likeness (QED) is 0.737. The summed E-state index contributed by atoms with van der Waals surface area (Å²) in [6, 6.07) is 2.22. The lowest BCUT2D eigenvalue weighted by molar-refractivity contribution is 0.189. The van der Waals surface area contributed by atoms with Crippen LogP contribution < -0.4 is 0 Å². The van der Waals surface area contributed by atoms with Crippen molar-refractivity contribution in [3.8, 4) is 0 Å². The molecule has 0 radical (unpaired) electrons. The van der Waals surface area contributed by atoms with Crippen molar-refractivity contribution in [2.75, 3.05) is 19.6 Å². The summed E-state index contributed by atoms with van der Waals surface area (Å²) in [5.41, 5.74) is 1.47. The first kappa shape index (κ1) is 11.4. The van der Waals surface area contributed by atoms with Gasteiger partial charge >= 0.3 is 0 Å². The van der Waals surface area contributed by atoms with E-state index in [-0.39, 0.29) is 0 Å². The Kier molecular flexibility index (Phi) is 4.06. The number of halogens is 1. The third kappa shape index (κ3) is 3.20. The number of alkyl halides is 1. The van der Waals surface area contributed by atoms with E-state index in [2.05, 4.69) is 28.7 Å². The van der Waals surface area contributed by atoms with Crippen LogP contribution in [0.15, 0.2) is 16.8 Å². The highest BCUT2D eigenvalue weighted by Gasteiger charge is 2.23. The van der Waals surface area contributed by atoms with Gasteiger partial charge in [-0.15, -0.1) is 11.6 Å². The molecule has 84 valence electrons. The van der Waals surface area contributed by atoms with Crippen molar-refractivity contribution in [1.29, 1.82) is 0 Å². The molecule has 0 aliphatic carbocycles. The summed E-state index contributed by atoms with van der Waals surface area (Å²) < 4.78 is 0. The number of nitrogens with zero attached hydrogens (tertiary/aromatic N) is 1. The molecule has 0 amide bonds. The van der Waals surface area contributed by atoms with Gasteiger partial charge in [-0.25, -0.2) is 0 Å². The number of thiophene rings is 1. The summed E-state index contributed by atoms with van der Waals surface area (Å²) in [7, 11) is 0. The summed E-state index contributed by atoms with van der Waals surface area (Å²) in [4.78, 5) is 2.54. The van der Waals surface area contributed by atoms with Gasteiger partial charge < -0.3 is 4.90 Å². The molecule has 1 aromatic heterocycles. The minimum atomic E-state index is 0.391. The molecule has 2 heterocycles. The van der Waals surface area contributed by atoms with Gasteiger partial charge in [-0.05, 0) is 47.7 Å². The van der Waals surface area contributed by atoms with Crippen LogP contribution >= 0.6 is 22.9 Å². The number of hydrogen-bond donors (Lipinski definition) is 0. The van der Waals surface area contributed by atoms with Crippen LogP contribution in [-0.4, -0.2) is 29.9 Å². The van der Waals surface area contributed by atoms with Gasteiger partial charge in [0.2, 0.25) is 0 Å². The highest BCUT2D eigenvalue weighted by atomic mass is 35.5. The van der Waals surface area contributed by atoms with Crippen LogP contribution in [0.3, 0.4) is 0 Å². The molecule has 1 aliphatic rings. The van der Waals surface area contributed by atoms with Gasteiger partial charge in [0.25, 0.3) is 0 Å². The Hall–Kier alpha value is -0.0500. The standard InChI is InChI=1S/C12H18ClNS/c1-10-8-14(6-3-12(10)13)5-2-11-4-7-15-9-11/h4,7,9-10,12H,2-3,5-6,8H2,1H3. The van der Waals surface area contributed by atoms with Gasteiger partial charge in [0.1, 0.15) is 0 Å². The Morgan fingerprint density at radius 1 is 1.60 bits per heavy atom. The van der Waals surface area contributed by atoms with Crippen LogP contribution in [0.5, 0.6) is 0 Å². The van der Waals surface area contributed by atoms with E-state index in [1.54, 1.807) is 11.3 Å². The van der Waals surface area contributed by atoms with Crippen LogP contribution in [0.4, 0.5) is 0 Å². The zero-order valence-electron chi connectivity index (χ0n) is 9.16. The van der Waals surface area contributed by atoms with E-state index in [0.717, 1.165) is 13.0 Å². The third-order valence-corrected chi connectivity index (χ3v) is 4.56. The maximum Gasteiger partial charge on any atom is 0.0386 e. The van der Waals surface area contributed by atoms with Gasteiger partial charge in [-0.2, -0.15) is 11.3 Å². The summed E-state index contributed by atoms with van der Waals surface area (Å²) in [5, 5.41) is 4.79. The first-order valence-electron chi connectivity index (χ1n) is 5.63. The molecular weight excluding hydrogens is 226 g/mol. The minimum Gasteiger partial charge on any atom is -0.303 e. The summed E-state index contributed by atoms with van der Waals surface area (Å²) in [5.74, 6) is 0.642. The van der Waals surface area contributed by atoms with Gasteiger partial charge in [-0.1, -0.05) is 6.92 Å². The van der Waals surface area contributed by atoms with E-state index in [1.807, 2.05) is 0 Å². The molecule has 2 rings (SSSR count). The molecule has 0 bridgehead atoms. The van der Waals surface area contributed by atoms with Gasteiger partial charge in [0, 0.05) is 18.5 Å². The maximum atomic E-state index is 6.21. The summed E-state index contributed by atoms with van der Waals surface area (Å²) in [6.07, 6.45) is 2.33. The molecule has 1 fully saturated rings. The molecule has 15 heavy (non-hydrogen) atoms. The van der Waals surface area contributed by atoms with Crippen LogP contribution in [0.2, 0.25) is 0 Å². The molecule has 2 unspecified atom stereocenters. The van der Waals surface area contributed by atoms with Crippen LogP contribution in [0.25, 0.3) is 0 Å². The Labute approximate surface area is 101 Å². The molecule has 1 saturated heterocycles. The Balaban J connectivity index is 1.76. The topological polar surface area (TPSA) is 3.24 Å². The lowest BCUT2D eigenvalue weighted by atomic mass is 9.99. The SMILES string of the molecule is CC1CN(CCc2ccsc2)CCC1Cl. The van der Waals surface area contributed by atoms with Crippen molar-refractivity contribution in [3.05, 3.63) is 22.4 Å². The molecule has 0 aromatic carbocycles. The van der Waals surface area contributed by atoms with Crippen LogP contribution in [-0.2, 0) is 6.42 Å². The second-order valence-electron chi connectivity index (χ2n) is 4.46. The van der Waals surface area contributed by atoms with Crippen LogP contribution in [0.1, 0.15) is 18.9 Å². The molecule has 0 saturated carbocycles. The molecule has 1 aromatic rings. The Bertz CT molecular complexity index is 286. The van der Waals surface area contributed by atoms with Gasteiger partial charge in [0.05, 0.1) is 0 Å². The molecular formula is C12H18ClNS. The van der Waals surface area contributed by atoms with E-state index in [9.17, 15) is 0 Å². The van der Waals surface area contributed by atoms with Crippen molar-refractivity contribution in [1.82, 2.24) is 4.90 Å². The predicted molar refractivity (Wildman–Crippen MR) is 67.9 cm³/mol. The lowest BCUT2D eigenvalue weighted by Gasteiger charge is -2.33. The fraction of sp³-hybridized carbons (Fsp3) is 0.667. The van der Waals surface area contributed by atoms with Crippen molar-refractivity contribution >= 4 is 22.9 Å². The monoisotopic (exact) mass is 243 g/mol. The minimum absolute atomic E-state index is 0.391. The van der Waals surface area contributed by atoms with E-state index in [0.29, 0.717) is 11.3 Å². The first-order chi connectivity index (χ1) is 7.25. The van der Waals surface area contributed by atoms with Crippen molar-refractivity contribution < 1.29 is 0 Å². The average molecular weight is 244 g/mol. The summed E-state index contributed by atoms with van der Waals surface area (Å²) in [6.45, 7) is 5.78. The van der Waals surface area contributed by atoms with Gasteiger partial charge in [0.15, 0.2) is 0 Å². The predicted octanol–water partition coefficient (Wildman–Crippen LogP) is 3.24. The Morgan fingerprint density at radius 3 is 3.13 bits per heavy atom. The lowest BCUT2D eigenvalue weighted by Crippen LogP contribution is -2.40. The smallest absolute Gasteiger partial charge is 0.0386 e. The normalized spacial score (nSPS) is 28.1. The zero-order chi connectivity index (χ0) is 10.7. The number of rotatable bonds is 3. The molecule has 2 atom stereocenters. The Morgan fingerprint density at radius 2 is 2.47 bits per heavy atom. The van der Waals surface area contributed by atoms with E-state index < -0.39 is 0 Å². The number of piperidine rings is 1. The average Bonchev–Trinajstić information content (AvgIpc) is 2.73. The molecule has 3 heteroatoms. The second kappa shape index (κ2) is 5.33. The number of likely N-dealkylation sites (tertiary alicyclic amines) is 1. The van der Waals surface area contributed by atoms with Gasteiger partial charge in [-0.3, -0.25) is 0 Å². The second-order valence-corrected chi connectivity index (χ2v) is 5.80. The summed E-state index contributed by atoms with van der Waals surface area (Å²) >= 11 is 7.99. The highest BCUT2D eigenvalue weighted by Crippen LogP contribution is 2.21. The molecule has 1 nitrogen and oxygen atoms in total. The molecule has 0 spiro atoms. The maximum absolute atomic E-state index is 6.21. The van der Waals surface area contributed by atoms with E-state index >= 15 is 0 Å². The molecule has 1 aliphatic heterocycles. The molecule has 0 N–H and O–H groups in total. The largest absolute Gasteiger partial charge is 0.303 e. The van der Waals surface area contributed by atoms with Crippen molar-refractivity contribution in [2.45, 2.75) is 25.1 Å². The zero-order valence-corrected chi connectivity index (χ0v) is 10.7. The van der Waals surface area contributed by atoms with E-state index in [4.69, 9.17) is 11.6 Å². The van der Waals surface area contributed by atoms with Crippen LogP contribution in [0, 0.1) is 5.92 Å². The fourth-order valence-corrected chi connectivity index (χ4v) is 3.01. The highest BCUT2D eigenvalue weighted by molar-refractivity contribution is 7.07. The van der Waals surface area contributed by atoms with E-state index in [1.165, 1.54) is 25.1 Å². The number of hydrogen-bond acceptors (Lipinski definition) is 2. The van der Waals surface area contributed by atoms with Crippen molar-refractivity contribution in [2.24, 2.45) is 5.92 Å². The van der Waals surface area contributed by atoms with Crippen molar-refractivity contribution in [3.63, 3.8) is 0 Å².